The minimum Gasteiger partial charge on any atom is -0.449 e. The van der Waals surface area contributed by atoms with Crippen molar-refractivity contribution >= 4 is 23.5 Å². The molecule has 1 aromatic carbocycles. The largest absolute Gasteiger partial charge is 0.449 e. The molecule has 2 aromatic rings. The molecule has 1 unspecified atom stereocenters. The highest BCUT2D eigenvalue weighted by Crippen LogP contribution is 2.15. The van der Waals surface area contributed by atoms with E-state index in [4.69, 9.17) is 9.26 Å². The maximum absolute atomic E-state index is 12.4. The van der Waals surface area contributed by atoms with Gasteiger partial charge < -0.3 is 19.5 Å². The van der Waals surface area contributed by atoms with Crippen LogP contribution >= 0.6 is 0 Å². The van der Waals surface area contributed by atoms with Crippen molar-refractivity contribution in [2.24, 2.45) is 0 Å². The first-order valence-corrected chi connectivity index (χ1v) is 8.44. The number of carbonyl (C=O) groups is 3. The summed E-state index contributed by atoms with van der Waals surface area (Å²) in [6, 6.07) is 7.31. The first kappa shape index (κ1) is 20.2. The topological polar surface area (TPSA) is 102 Å². The summed E-state index contributed by atoms with van der Waals surface area (Å²) >= 11 is 0. The lowest BCUT2D eigenvalue weighted by atomic mass is 10.2. The predicted octanol–water partition coefficient (Wildman–Crippen LogP) is 2.24. The van der Waals surface area contributed by atoms with E-state index < -0.39 is 18.0 Å². The van der Waals surface area contributed by atoms with Crippen molar-refractivity contribution in [1.29, 1.82) is 0 Å². The third-order valence-corrected chi connectivity index (χ3v) is 3.96. The molecule has 1 heterocycles. The molecule has 8 nitrogen and oxygen atoms in total. The number of nitrogens with one attached hydrogen (secondary N) is 1. The molecule has 144 valence electrons. The van der Waals surface area contributed by atoms with Crippen LogP contribution in [-0.4, -0.2) is 47.5 Å². The number of likely N-dealkylation sites (N-methyl/N-ethyl adjacent to an activating group) is 1. The third-order valence-electron chi connectivity index (χ3n) is 3.96. The molecule has 0 aliphatic rings. The van der Waals surface area contributed by atoms with E-state index in [0.717, 1.165) is 5.56 Å². The summed E-state index contributed by atoms with van der Waals surface area (Å²) in [5, 5.41) is 6.40. The van der Waals surface area contributed by atoms with E-state index in [1.165, 1.54) is 18.9 Å². The molecule has 2 amide bonds. The standard InChI is InChI=1S/C19H23N3O5/c1-11-6-8-15(9-7-11)20-16(23)10-22(5)18(24)14(4)26-19(25)17-12(2)21-27-13(17)3/h6-9,14H,10H2,1-5H3,(H,20,23). The molecular weight excluding hydrogens is 350 g/mol. The molecule has 1 atom stereocenters. The highest BCUT2D eigenvalue weighted by Gasteiger charge is 2.26. The van der Waals surface area contributed by atoms with Crippen molar-refractivity contribution < 1.29 is 23.6 Å². The normalized spacial score (nSPS) is 11.6. The molecule has 0 aliphatic heterocycles. The second kappa shape index (κ2) is 8.48. The molecule has 0 bridgehead atoms. The van der Waals surface area contributed by atoms with Gasteiger partial charge in [-0.05, 0) is 39.8 Å². The number of ether oxygens (including phenoxy) is 1. The number of rotatable bonds is 6. The molecule has 0 spiro atoms. The Morgan fingerprint density at radius 3 is 2.37 bits per heavy atom. The second-order valence-corrected chi connectivity index (χ2v) is 6.36. The lowest BCUT2D eigenvalue weighted by Crippen LogP contribution is -2.41. The lowest BCUT2D eigenvalue weighted by Gasteiger charge is -2.21. The number of nitrogens with zero attached hydrogens (tertiary/aromatic N) is 2. The Morgan fingerprint density at radius 2 is 1.81 bits per heavy atom. The van der Waals surface area contributed by atoms with Crippen LogP contribution in [0.1, 0.15) is 34.3 Å². The summed E-state index contributed by atoms with van der Waals surface area (Å²) in [4.78, 5) is 37.9. The average Bonchev–Trinajstić information content (AvgIpc) is 2.94. The SMILES string of the molecule is Cc1ccc(NC(=O)CN(C)C(=O)C(C)OC(=O)c2c(C)noc2C)cc1. The summed E-state index contributed by atoms with van der Waals surface area (Å²) in [6.07, 6.45) is -1.05. The Balaban J connectivity index is 1.90. The smallest absolute Gasteiger partial charge is 0.344 e. The summed E-state index contributed by atoms with van der Waals surface area (Å²) in [5.74, 6) is -1.21. The van der Waals surface area contributed by atoms with E-state index in [1.807, 2.05) is 19.1 Å². The van der Waals surface area contributed by atoms with Crippen LogP contribution in [0.2, 0.25) is 0 Å². The molecule has 1 N–H and O–H groups in total. The van der Waals surface area contributed by atoms with Crippen molar-refractivity contribution in [3.63, 3.8) is 0 Å². The van der Waals surface area contributed by atoms with E-state index >= 15 is 0 Å². The van der Waals surface area contributed by atoms with E-state index in [1.54, 1.807) is 26.0 Å². The maximum atomic E-state index is 12.4. The van der Waals surface area contributed by atoms with Crippen molar-refractivity contribution in [3.8, 4) is 0 Å². The Labute approximate surface area is 157 Å². The van der Waals surface area contributed by atoms with Gasteiger partial charge in [-0.25, -0.2) is 4.79 Å². The van der Waals surface area contributed by atoms with Gasteiger partial charge in [-0.15, -0.1) is 0 Å². The van der Waals surface area contributed by atoms with Gasteiger partial charge in [0, 0.05) is 12.7 Å². The van der Waals surface area contributed by atoms with Gasteiger partial charge >= 0.3 is 5.97 Å². The van der Waals surface area contributed by atoms with Crippen molar-refractivity contribution in [1.82, 2.24) is 10.1 Å². The number of hydrogen-bond acceptors (Lipinski definition) is 6. The molecule has 0 saturated heterocycles. The van der Waals surface area contributed by atoms with Crippen molar-refractivity contribution in [2.75, 3.05) is 18.9 Å². The molecule has 0 aliphatic carbocycles. The minimum atomic E-state index is -1.05. The van der Waals surface area contributed by atoms with Gasteiger partial charge in [0.2, 0.25) is 5.91 Å². The van der Waals surface area contributed by atoms with Gasteiger partial charge in [-0.1, -0.05) is 22.9 Å². The first-order chi connectivity index (χ1) is 12.7. The van der Waals surface area contributed by atoms with Gasteiger partial charge in [-0.3, -0.25) is 9.59 Å². The van der Waals surface area contributed by atoms with Gasteiger partial charge in [0.05, 0.1) is 12.2 Å². The van der Waals surface area contributed by atoms with E-state index in [2.05, 4.69) is 10.5 Å². The Kier molecular flexibility index (Phi) is 6.33. The van der Waals surface area contributed by atoms with Crippen molar-refractivity contribution in [2.45, 2.75) is 33.8 Å². The van der Waals surface area contributed by atoms with E-state index in [0.29, 0.717) is 17.1 Å². The summed E-state index contributed by atoms with van der Waals surface area (Å²) in [7, 11) is 1.47. The van der Waals surface area contributed by atoms with Gasteiger partial charge in [-0.2, -0.15) is 0 Å². The zero-order chi connectivity index (χ0) is 20.1. The third kappa shape index (κ3) is 5.16. The zero-order valence-corrected chi connectivity index (χ0v) is 16.0. The zero-order valence-electron chi connectivity index (χ0n) is 16.0. The lowest BCUT2D eigenvalue weighted by molar-refractivity contribution is -0.140. The van der Waals surface area contributed by atoms with Crippen LogP contribution in [0.15, 0.2) is 28.8 Å². The Morgan fingerprint density at radius 1 is 1.19 bits per heavy atom. The summed E-state index contributed by atoms with van der Waals surface area (Å²) in [6.45, 7) is 6.43. The van der Waals surface area contributed by atoms with Crippen molar-refractivity contribution in [3.05, 3.63) is 46.8 Å². The van der Waals surface area contributed by atoms with Crippen LogP contribution in [0, 0.1) is 20.8 Å². The second-order valence-electron chi connectivity index (χ2n) is 6.36. The number of esters is 1. The van der Waals surface area contributed by atoms with Crippen LogP contribution in [0.5, 0.6) is 0 Å². The van der Waals surface area contributed by atoms with Crippen LogP contribution < -0.4 is 5.32 Å². The summed E-state index contributed by atoms with van der Waals surface area (Å²) in [5.41, 5.74) is 2.32. The van der Waals surface area contributed by atoms with Gasteiger partial charge in [0.15, 0.2) is 6.10 Å². The van der Waals surface area contributed by atoms with Gasteiger partial charge in [0.1, 0.15) is 11.3 Å². The number of benzene rings is 1. The van der Waals surface area contributed by atoms with Crippen LogP contribution in [-0.2, 0) is 14.3 Å². The Hall–Kier alpha value is -3.16. The fourth-order valence-corrected chi connectivity index (χ4v) is 2.49. The highest BCUT2D eigenvalue weighted by atomic mass is 16.5. The number of aryl methyl sites for hydroxylation is 3. The highest BCUT2D eigenvalue weighted by molar-refractivity contribution is 5.96. The molecule has 2 rings (SSSR count). The van der Waals surface area contributed by atoms with E-state index in [-0.39, 0.29) is 18.0 Å². The van der Waals surface area contributed by atoms with E-state index in [9.17, 15) is 14.4 Å². The number of carbonyl (C=O) groups excluding carboxylic acids is 3. The molecule has 0 radical (unpaired) electrons. The summed E-state index contributed by atoms with van der Waals surface area (Å²) < 4.78 is 10.1. The van der Waals surface area contributed by atoms with Gasteiger partial charge in [0.25, 0.3) is 5.91 Å². The monoisotopic (exact) mass is 373 g/mol. The van der Waals surface area contributed by atoms with Crippen LogP contribution in [0.4, 0.5) is 5.69 Å². The molecule has 0 saturated carbocycles. The molecule has 27 heavy (non-hydrogen) atoms. The first-order valence-electron chi connectivity index (χ1n) is 8.44. The number of aromatic nitrogens is 1. The quantitative estimate of drug-likeness (QED) is 0.779. The Bertz CT molecular complexity index is 822. The predicted molar refractivity (Wildman–Crippen MR) is 98.3 cm³/mol. The fraction of sp³-hybridized carbons (Fsp3) is 0.368. The fourth-order valence-electron chi connectivity index (χ4n) is 2.49. The number of amides is 2. The molecule has 0 fully saturated rings. The maximum Gasteiger partial charge on any atom is 0.344 e. The van der Waals surface area contributed by atoms with Crippen LogP contribution in [0.25, 0.3) is 0 Å². The van der Waals surface area contributed by atoms with Crippen LogP contribution in [0.3, 0.4) is 0 Å². The minimum absolute atomic E-state index is 0.167. The molecule has 8 heteroatoms. The molecular formula is C19H23N3O5. The number of anilines is 1. The average molecular weight is 373 g/mol. The number of hydrogen-bond donors (Lipinski definition) is 1. The molecule has 1 aromatic heterocycles.